The van der Waals surface area contributed by atoms with E-state index in [0.717, 1.165) is 88.4 Å². The van der Waals surface area contributed by atoms with Crippen molar-refractivity contribution >= 4 is 41.5 Å². The van der Waals surface area contributed by atoms with Gasteiger partial charge in [0.2, 0.25) is 0 Å². The average Bonchev–Trinajstić information content (AvgIpc) is 3.32. The number of carbonyl (C=O) groups is 4. The standard InChI is InChI=1S/C51H64N2O10/c1-3-48(54)60-35-17-7-5-15-33-58-44-27-23-39(24-28-44)50(56)62-46-31-32-47(41(37-46)38-52-53(42-19-11-9-12-20-42)43-21-13-10-14-22-43)63-51(57)40-25-29-45(30-26-40)59-34-16-6-8-18-36-61-49(55)4-2/h3-4,9-14,19-22,31-32,37-40,44-45H,1-2,5-8,15-18,23-30,33-36H2/b52-38+. The lowest BCUT2D eigenvalue weighted by Gasteiger charge is -2.27. The molecule has 63 heavy (non-hydrogen) atoms. The minimum Gasteiger partial charge on any atom is -0.463 e. The number of para-hydroxylation sites is 2. The van der Waals surface area contributed by atoms with Gasteiger partial charge in [-0.05, 0) is 132 Å². The van der Waals surface area contributed by atoms with Crippen molar-refractivity contribution in [2.45, 2.75) is 115 Å². The third-order valence-corrected chi connectivity index (χ3v) is 11.3. The van der Waals surface area contributed by atoms with E-state index in [1.807, 2.05) is 60.7 Å². The second-order valence-electron chi connectivity index (χ2n) is 16.0. The molecule has 2 aliphatic carbocycles. The quantitative estimate of drug-likeness (QED) is 0.0190. The van der Waals surface area contributed by atoms with E-state index in [1.165, 1.54) is 12.2 Å². The minimum atomic E-state index is -0.392. The molecule has 0 heterocycles. The number of anilines is 2. The van der Waals surface area contributed by atoms with Crippen molar-refractivity contribution in [1.29, 1.82) is 0 Å². The summed E-state index contributed by atoms with van der Waals surface area (Å²) in [6.07, 6.45) is 17.4. The molecule has 12 heteroatoms. The highest BCUT2D eigenvalue weighted by Gasteiger charge is 2.30. The maximum Gasteiger partial charge on any atom is 0.330 e. The van der Waals surface area contributed by atoms with Gasteiger partial charge in [-0.3, -0.25) is 9.59 Å². The highest BCUT2D eigenvalue weighted by atomic mass is 16.5. The van der Waals surface area contributed by atoms with E-state index in [0.29, 0.717) is 69.2 Å². The van der Waals surface area contributed by atoms with Gasteiger partial charge in [-0.25, -0.2) is 14.6 Å². The van der Waals surface area contributed by atoms with Crippen LogP contribution in [0.4, 0.5) is 11.4 Å². The van der Waals surface area contributed by atoms with Crippen molar-refractivity contribution in [3.8, 4) is 11.5 Å². The molecule has 3 aromatic rings. The summed E-state index contributed by atoms with van der Waals surface area (Å²) in [5, 5.41) is 6.67. The first-order chi connectivity index (χ1) is 30.8. The molecule has 2 aliphatic rings. The lowest BCUT2D eigenvalue weighted by Crippen LogP contribution is -2.29. The van der Waals surface area contributed by atoms with Crippen LogP contribution in [0.25, 0.3) is 0 Å². The Morgan fingerprint density at radius 1 is 0.556 bits per heavy atom. The number of rotatable bonds is 26. The van der Waals surface area contributed by atoms with Crippen LogP contribution in [-0.2, 0) is 38.1 Å². The Hall–Kier alpha value is -5.59. The maximum atomic E-state index is 13.6. The second-order valence-corrected chi connectivity index (χ2v) is 16.0. The molecule has 0 bridgehead atoms. The monoisotopic (exact) mass is 864 g/mol. The first-order valence-corrected chi connectivity index (χ1v) is 22.7. The highest BCUT2D eigenvalue weighted by molar-refractivity contribution is 5.88. The largest absolute Gasteiger partial charge is 0.463 e. The van der Waals surface area contributed by atoms with E-state index in [2.05, 4.69) is 13.2 Å². The Bertz CT molecular complexity index is 1860. The van der Waals surface area contributed by atoms with Gasteiger partial charge >= 0.3 is 23.9 Å². The van der Waals surface area contributed by atoms with Crippen molar-refractivity contribution < 1.29 is 47.6 Å². The molecular formula is C51H64N2O10. The molecule has 3 aromatic carbocycles. The number of hydrazone groups is 1. The summed E-state index contributed by atoms with van der Waals surface area (Å²) >= 11 is 0. The molecule has 0 unspecified atom stereocenters. The molecule has 5 rings (SSSR count). The molecule has 338 valence electrons. The molecule has 0 radical (unpaired) electrons. The fourth-order valence-electron chi connectivity index (χ4n) is 7.72. The van der Waals surface area contributed by atoms with Gasteiger partial charge in [-0.1, -0.05) is 62.4 Å². The first kappa shape index (κ1) is 48.4. The molecule has 0 spiro atoms. The molecular weight excluding hydrogens is 801 g/mol. The molecule has 0 N–H and O–H groups in total. The van der Waals surface area contributed by atoms with Crippen molar-refractivity contribution in [1.82, 2.24) is 0 Å². The van der Waals surface area contributed by atoms with E-state index < -0.39 is 11.9 Å². The van der Waals surface area contributed by atoms with Crippen molar-refractivity contribution in [3.05, 3.63) is 110 Å². The van der Waals surface area contributed by atoms with E-state index in [9.17, 15) is 19.2 Å². The number of unbranched alkanes of at least 4 members (excludes halogenated alkanes) is 6. The molecule has 12 nitrogen and oxygen atoms in total. The van der Waals surface area contributed by atoms with Gasteiger partial charge in [0.05, 0.1) is 54.8 Å². The molecule has 0 atom stereocenters. The topological polar surface area (TPSA) is 139 Å². The molecule has 2 fully saturated rings. The van der Waals surface area contributed by atoms with Crippen molar-refractivity contribution in [2.24, 2.45) is 16.9 Å². The van der Waals surface area contributed by atoms with Gasteiger partial charge in [0.15, 0.2) is 0 Å². The van der Waals surface area contributed by atoms with Crippen LogP contribution in [-0.4, -0.2) is 68.7 Å². The third kappa shape index (κ3) is 17.2. The highest BCUT2D eigenvalue weighted by Crippen LogP contribution is 2.33. The molecule has 0 saturated heterocycles. The Morgan fingerprint density at radius 2 is 1.00 bits per heavy atom. The Balaban J connectivity index is 1.14. The third-order valence-electron chi connectivity index (χ3n) is 11.3. The van der Waals surface area contributed by atoms with Crippen molar-refractivity contribution in [2.75, 3.05) is 31.4 Å². The van der Waals surface area contributed by atoms with E-state index >= 15 is 0 Å². The van der Waals surface area contributed by atoms with Gasteiger partial charge in [0.25, 0.3) is 0 Å². The van der Waals surface area contributed by atoms with Gasteiger partial charge < -0.3 is 28.4 Å². The zero-order valence-electron chi connectivity index (χ0n) is 36.6. The fraction of sp³-hybridized carbons (Fsp3) is 0.471. The summed E-state index contributed by atoms with van der Waals surface area (Å²) < 4.78 is 34.4. The predicted molar refractivity (Wildman–Crippen MR) is 243 cm³/mol. The SMILES string of the molecule is C=CC(=O)OCCCCCCOC1CCC(C(=O)Oc2ccc(OC(=O)C3CCC(OCCCCCCOC(=O)C=C)CC3)c(/C=N/N(c3ccccc3)c3ccccc3)c2)CC1. The number of esters is 4. The van der Waals surface area contributed by atoms with Crippen molar-refractivity contribution in [3.63, 3.8) is 0 Å². The first-order valence-electron chi connectivity index (χ1n) is 22.7. The molecule has 0 aliphatic heterocycles. The number of hydrogen-bond acceptors (Lipinski definition) is 12. The van der Waals surface area contributed by atoms with Crippen LogP contribution in [0.1, 0.15) is 108 Å². The Morgan fingerprint density at radius 3 is 1.46 bits per heavy atom. The van der Waals surface area contributed by atoms with Crippen LogP contribution in [0.15, 0.2) is 109 Å². The number of benzene rings is 3. The van der Waals surface area contributed by atoms with Crippen LogP contribution in [0, 0.1) is 11.8 Å². The fourth-order valence-corrected chi connectivity index (χ4v) is 7.72. The minimum absolute atomic E-state index is 0.105. The second kappa shape index (κ2) is 27.5. The number of hydrogen-bond donors (Lipinski definition) is 0. The number of ether oxygens (including phenoxy) is 6. The van der Waals surface area contributed by atoms with Gasteiger partial charge in [0.1, 0.15) is 11.5 Å². The summed E-state index contributed by atoms with van der Waals surface area (Å²) in [7, 11) is 0. The molecule has 2 saturated carbocycles. The number of carbonyl (C=O) groups excluding carboxylic acids is 4. The van der Waals surface area contributed by atoms with E-state index in [-0.39, 0.29) is 36.0 Å². The zero-order valence-corrected chi connectivity index (χ0v) is 36.6. The Kier molecular flexibility index (Phi) is 21.1. The summed E-state index contributed by atoms with van der Waals surface area (Å²) in [5.74, 6) is -1.22. The predicted octanol–water partition coefficient (Wildman–Crippen LogP) is 10.4. The lowest BCUT2D eigenvalue weighted by atomic mass is 9.87. The summed E-state index contributed by atoms with van der Waals surface area (Å²) in [6.45, 7) is 8.93. The van der Waals surface area contributed by atoms with Crippen LogP contribution in [0.3, 0.4) is 0 Å². The van der Waals surface area contributed by atoms with E-state index in [4.69, 9.17) is 33.5 Å². The van der Waals surface area contributed by atoms with Crippen LogP contribution in [0.2, 0.25) is 0 Å². The summed E-state index contributed by atoms with van der Waals surface area (Å²) in [5.41, 5.74) is 2.18. The summed E-state index contributed by atoms with van der Waals surface area (Å²) in [4.78, 5) is 49.4. The molecule has 0 amide bonds. The molecule has 0 aromatic heterocycles. The average molecular weight is 865 g/mol. The van der Waals surface area contributed by atoms with Crippen LogP contribution in [0.5, 0.6) is 11.5 Å². The summed E-state index contributed by atoms with van der Waals surface area (Å²) in [6, 6.07) is 24.6. The van der Waals surface area contributed by atoms with Gasteiger partial charge in [0, 0.05) is 30.9 Å². The van der Waals surface area contributed by atoms with Gasteiger partial charge in [-0.2, -0.15) is 5.10 Å². The maximum absolute atomic E-state index is 13.6. The van der Waals surface area contributed by atoms with E-state index in [1.54, 1.807) is 29.4 Å². The van der Waals surface area contributed by atoms with Crippen LogP contribution >= 0.6 is 0 Å². The smallest absolute Gasteiger partial charge is 0.330 e. The Labute approximate surface area is 372 Å². The normalized spacial score (nSPS) is 18.5. The lowest BCUT2D eigenvalue weighted by molar-refractivity contribution is -0.142. The van der Waals surface area contributed by atoms with Gasteiger partial charge in [-0.15, -0.1) is 0 Å². The zero-order chi connectivity index (χ0) is 44.5. The van der Waals surface area contributed by atoms with Crippen LogP contribution < -0.4 is 14.5 Å². The number of nitrogens with zero attached hydrogens (tertiary/aromatic N) is 2.